The Morgan fingerprint density at radius 1 is 1.12 bits per heavy atom. The van der Waals surface area contributed by atoms with Crippen LogP contribution >= 0.6 is 23.2 Å². The lowest BCUT2D eigenvalue weighted by Crippen LogP contribution is -2.46. The second kappa shape index (κ2) is 14.3. The quantitative estimate of drug-likeness (QED) is 0.150. The lowest BCUT2D eigenvalue weighted by Gasteiger charge is -2.32. The van der Waals surface area contributed by atoms with Gasteiger partial charge in [-0.3, -0.25) is 14.4 Å². The summed E-state index contributed by atoms with van der Waals surface area (Å²) in [7, 11) is 0. The zero-order valence-corrected chi connectivity index (χ0v) is 24.1. The maximum Gasteiger partial charge on any atom is 0.269 e. The number of unbranched alkanes of at least 4 members (excludes halogenated alkanes) is 1. The van der Waals surface area contributed by atoms with Gasteiger partial charge in [0.25, 0.3) is 11.8 Å². The number of halogens is 2. The first-order chi connectivity index (χ1) is 19.7. The summed E-state index contributed by atoms with van der Waals surface area (Å²) in [6.07, 6.45) is 5.50. The first-order valence-corrected chi connectivity index (χ1v) is 14.3. The summed E-state index contributed by atoms with van der Waals surface area (Å²) in [5, 5.41) is 16.2. The Morgan fingerprint density at radius 3 is 2.56 bits per heavy atom. The number of fused-ring (bicyclic) bond motifs is 1. The smallest absolute Gasteiger partial charge is 0.269 e. The van der Waals surface area contributed by atoms with E-state index in [0.717, 1.165) is 75.0 Å². The van der Waals surface area contributed by atoms with E-state index in [2.05, 4.69) is 20.9 Å². The number of nitrogens with one attached hydrogen (secondary N) is 4. The number of hydrogen-bond donors (Lipinski definition) is 5. The molecule has 3 amide bonds. The van der Waals surface area contributed by atoms with Crippen molar-refractivity contribution in [3.8, 4) is 5.75 Å². The number of rotatable bonds is 11. The van der Waals surface area contributed by atoms with Crippen molar-refractivity contribution in [2.24, 2.45) is 5.73 Å². The van der Waals surface area contributed by atoms with Crippen LogP contribution < -0.4 is 26.4 Å². The van der Waals surface area contributed by atoms with E-state index in [0.29, 0.717) is 13.0 Å². The Bertz CT molecular complexity index is 1320. The third-order valence-corrected chi connectivity index (χ3v) is 7.78. The Morgan fingerprint density at radius 2 is 1.85 bits per heavy atom. The lowest BCUT2D eigenvalue weighted by atomic mass is 10.0. The predicted molar refractivity (Wildman–Crippen MR) is 160 cm³/mol. The molecule has 2 aromatic carbocycles. The van der Waals surface area contributed by atoms with Gasteiger partial charge in [0, 0.05) is 43.5 Å². The number of anilines is 1. The third kappa shape index (κ3) is 8.22. The van der Waals surface area contributed by atoms with E-state index in [4.69, 9.17) is 39.1 Å². The van der Waals surface area contributed by atoms with Gasteiger partial charge in [0.1, 0.15) is 11.4 Å². The molecule has 0 radical (unpaired) electrons. The fraction of sp³-hybridized carbons (Fsp3) is 0.379. The average Bonchev–Trinajstić information content (AvgIpc) is 2.96. The number of amides is 3. The predicted octanol–water partition coefficient (Wildman–Crippen LogP) is 3.87. The van der Waals surface area contributed by atoms with Gasteiger partial charge in [-0.15, -0.1) is 0 Å². The highest BCUT2D eigenvalue weighted by atomic mass is 35.5. The second-order valence-electron chi connectivity index (χ2n) is 10.0. The molecule has 10 nitrogen and oxygen atoms in total. The number of hydrogen-bond acceptors (Lipinski definition) is 7. The Kier molecular flexibility index (Phi) is 10.6. The number of carbonyl (C=O) groups excluding carboxylic acids is 3. The zero-order chi connectivity index (χ0) is 29.4. The topological polar surface area (TPSA) is 150 Å². The van der Waals surface area contributed by atoms with E-state index < -0.39 is 11.8 Å². The van der Waals surface area contributed by atoms with Crippen molar-refractivity contribution in [1.82, 2.24) is 15.5 Å². The highest BCUT2D eigenvalue weighted by Crippen LogP contribution is 2.27. The molecule has 2 aliphatic rings. The van der Waals surface area contributed by atoms with E-state index in [9.17, 15) is 14.4 Å². The molecule has 4 rings (SSSR count). The van der Waals surface area contributed by atoms with Crippen LogP contribution in [-0.4, -0.2) is 61.1 Å². The minimum atomic E-state index is -0.662. The number of carbonyl (C=O) groups is 3. The first-order valence-electron chi connectivity index (χ1n) is 13.6. The zero-order valence-electron chi connectivity index (χ0n) is 22.6. The van der Waals surface area contributed by atoms with Crippen LogP contribution in [0.2, 0.25) is 10.0 Å². The fourth-order valence-electron chi connectivity index (χ4n) is 4.84. The molecule has 6 N–H and O–H groups in total. The van der Waals surface area contributed by atoms with Gasteiger partial charge in [-0.1, -0.05) is 35.3 Å². The molecule has 0 aromatic heterocycles. The summed E-state index contributed by atoms with van der Waals surface area (Å²) in [5.74, 6) is -0.414. The van der Waals surface area contributed by atoms with Crippen molar-refractivity contribution in [3.05, 3.63) is 69.0 Å². The van der Waals surface area contributed by atoms with Crippen LogP contribution in [0.25, 0.3) is 0 Å². The van der Waals surface area contributed by atoms with Crippen molar-refractivity contribution in [3.63, 3.8) is 0 Å². The molecule has 0 aliphatic carbocycles. The largest absolute Gasteiger partial charge is 0.494 e. The maximum atomic E-state index is 12.8. The minimum absolute atomic E-state index is 0.0379. The monoisotopic (exact) mass is 600 g/mol. The normalized spacial score (nSPS) is 16.2. The fourth-order valence-corrected chi connectivity index (χ4v) is 5.40. The molecule has 12 heteroatoms. The summed E-state index contributed by atoms with van der Waals surface area (Å²) in [4.78, 5) is 39.4. The van der Waals surface area contributed by atoms with Gasteiger partial charge < -0.3 is 36.7 Å². The number of nitrogens with two attached hydrogens (primary N) is 1. The molecular formula is C29H34Cl2N6O4. The average molecular weight is 602 g/mol. The van der Waals surface area contributed by atoms with Crippen molar-refractivity contribution in [1.29, 1.82) is 5.41 Å². The van der Waals surface area contributed by atoms with Crippen LogP contribution in [0.4, 0.5) is 5.69 Å². The molecule has 2 aliphatic heterocycles. The number of allylic oxidation sites excluding steroid dienone is 1. The molecule has 0 saturated carbocycles. The van der Waals surface area contributed by atoms with Crippen molar-refractivity contribution in [2.45, 2.75) is 44.6 Å². The van der Waals surface area contributed by atoms with Gasteiger partial charge in [0.2, 0.25) is 5.91 Å². The summed E-state index contributed by atoms with van der Waals surface area (Å²) in [5.41, 5.74) is 7.60. The summed E-state index contributed by atoms with van der Waals surface area (Å²) in [6, 6.07) is 10.4. The van der Waals surface area contributed by atoms with Gasteiger partial charge in [0.05, 0.1) is 27.9 Å². The highest BCUT2D eigenvalue weighted by molar-refractivity contribution is 6.39. The summed E-state index contributed by atoms with van der Waals surface area (Å²) >= 11 is 12.2. The molecular weight excluding hydrogens is 567 g/mol. The van der Waals surface area contributed by atoms with Gasteiger partial charge >= 0.3 is 0 Å². The molecule has 0 atom stereocenters. The Balaban J connectivity index is 1.16. The maximum absolute atomic E-state index is 12.8. The molecule has 2 aromatic rings. The number of ether oxygens (including phenoxy) is 1. The summed E-state index contributed by atoms with van der Waals surface area (Å²) < 4.78 is 5.88. The SMILES string of the molecule is N=C/C(NC(=O)c1c(Cl)cccc1Cl)=C(\N)C(=O)NC1CCN(CCCCOc2ccc3c(c2)NC(=O)CC3)CC1. The van der Waals surface area contributed by atoms with E-state index in [1.165, 1.54) is 12.1 Å². The van der Waals surface area contributed by atoms with Gasteiger partial charge in [-0.2, -0.15) is 0 Å². The van der Waals surface area contributed by atoms with Gasteiger partial charge in [-0.05, 0) is 62.4 Å². The van der Waals surface area contributed by atoms with Crippen molar-refractivity contribution in [2.75, 3.05) is 31.6 Å². The van der Waals surface area contributed by atoms with E-state index in [1.807, 2.05) is 18.2 Å². The number of likely N-dealkylation sites (tertiary alicyclic amines) is 1. The Labute approximate surface area is 249 Å². The molecule has 1 fully saturated rings. The van der Waals surface area contributed by atoms with Gasteiger partial charge in [0.15, 0.2) is 0 Å². The van der Waals surface area contributed by atoms with Crippen LogP contribution in [-0.2, 0) is 16.0 Å². The van der Waals surface area contributed by atoms with Crippen LogP contribution in [0.1, 0.15) is 48.0 Å². The van der Waals surface area contributed by atoms with Crippen LogP contribution in [0.5, 0.6) is 5.75 Å². The first kappa shape index (κ1) is 30.4. The van der Waals surface area contributed by atoms with E-state index in [1.54, 1.807) is 6.07 Å². The molecule has 0 unspecified atom stereocenters. The van der Waals surface area contributed by atoms with Crippen LogP contribution in [0.15, 0.2) is 47.8 Å². The van der Waals surface area contributed by atoms with Crippen LogP contribution in [0, 0.1) is 5.41 Å². The van der Waals surface area contributed by atoms with Gasteiger partial charge in [-0.25, -0.2) is 0 Å². The number of aryl methyl sites for hydroxylation is 1. The number of benzene rings is 2. The molecule has 1 saturated heterocycles. The van der Waals surface area contributed by atoms with E-state index in [-0.39, 0.29) is 39.0 Å². The number of piperidine rings is 1. The van der Waals surface area contributed by atoms with Crippen LogP contribution in [0.3, 0.4) is 0 Å². The molecule has 2 heterocycles. The van der Waals surface area contributed by atoms with Crippen molar-refractivity contribution < 1.29 is 19.1 Å². The molecule has 0 spiro atoms. The molecule has 218 valence electrons. The summed E-state index contributed by atoms with van der Waals surface area (Å²) in [6.45, 7) is 3.19. The van der Waals surface area contributed by atoms with E-state index >= 15 is 0 Å². The standard InChI is InChI=1S/C29H34Cl2N6O4/c30-21-4-3-5-22(31)26(21)28(39)36-24(17-32)27(33)29(40)34-19-10-13-37(14-11-19)12-1-2-15-41-20-8-6-18-7-9-25(38)35-23(18)16-20/h3-6,8,16-17,19,32H,1-2,7,9-15,33H2,(H,34,40)(H,35,38)(H,36,39)/b27-24+,32-17?. The highest BCUT2D eigenvalue weighted by Gasteiger charge is 2.23. The molecule has 41 heavy (non-hydrogen) atoms. The number of nitrogens with zero attached hydrogens (tertiary/aromatic N) is 1. The van der Waals surface area contributed by atoms with Crippen molar-refractivity contribution >= 4 is 52.8 Å². The molecule has 0 bridgehead atoms. The third-order valence-electron chi connectivity index (χ3n) is 7.15. The lowest BCUT2D eigenvalue weighted by molar-refractivity contribution is -0.118. The second-order valence-corrected chi connectivity index (χ2v) is 10.8. The minimum Gasteiger partial charge on any atom is -0.494 e. The Hall–Kier alpha value is -3.60.